The summed E-state index contributed by atoms with van der Waals surface area (Å²) in [5.41, 5.74) is 2.58. The molecule has 0 aliphatic carbocycles. The average molecular weight is 540 g/mol. The topological polar surface area (TPSA) is 57.5 Å². The smallest absolute Gasteiger partial charge is 0.191 e. The Morgan fingerprint density at radius 3 is 2.87 bits per heavy atom. The van der Waals surface area contributed by atoms with Crippen LogP contribution < -0.4 is 15.5 Å². The number of halogens is 3. The van der Waals surface area contributed by atoms with Gasteiger partial charge in [0.1, 0.15) is 11.6 Å². The van der Waals surface area contributed by atoms with E-state index in [1.807, 2.05) is 29.4 Å². The Balaban J connectivity index is 0.00000272. The number of para-hydroxylation sites is 2. The minimum Gasteiger partial charge on any atom is -0.367 e. The van der Waals surface area contributed by atoms with Crippen LogP contribution in [0.4, 0.5) is 14.5 Å². The van der Waals surface area contributed by atoms with E-state index in [0.29, 0.717) is 18.8 Å². The Hall–Kier alpha value is -2.43. The number of nitrogens with zero attached hydrogens (tertiary/aromatic N) is 4. The molecule has 3 aromatic rings. The molecule has 1 aromatic heterocycles. The normalized spacial score (nSPS) is 16.4. The summed E-state index contributed by atoms with van der Waals surface area (Å²) < 4.78 is 29.3. The molecule has 4 rings (SSSR count). The number of guanidine groups is 1. The molecule has 1 atom stereocenters. The highest BCUT2D eigenvalue weighted by molar-refractivity contribution is 14.0. The van der Waals surface area contributed by atoms with Crippen LogP contribution in [0.5, 0.6) is 0 Å². The molecule has 1 aliphatic rings. The lowest BCUT2D eigenvalue weighted by Gasteiger charge is -2.21. The fourth-order valence-corrected chi connectivity index (χ4v) is 3.87. The summed E-state index contributed by atoms with van der Waals surface area (Å²) in [6.45, 7) is 3.00. The van der Waals surface area contributed by atoms with E-state index in [9.17, 15) is 8.78 Å². The van der Waals surface area contributed by atoms with Crippen molar-refractivity contribution in [2.45, 2.75) is 25.4 Å². The zero-order valence-electron chi connectivity index (χ0n) is 17.4. The Labute approximate surface area is 197 Å². The molecule has 2 aromatic carbocycles. The van der Waals surface area contributed by atoms with E-state index < -0.39 is 11.6 Å². The highest BCUT2D eigenvalue weighted by Gasteiger charge is 2.25. The minimum absolute atomic E-state index is 0. The van der Waals surface area contributed by atoms with Crippen LogP contribution in [0.25, 0.3) is 11.0 Å². The van der Waals surface area contributed by atoms with Gasteiger partial charge < -0.3 is 20.1 Å². The first-order chi connectivity index (χ1) is 14.6. The Kier molecular flexibility index (Phi) is 8.05. The van der Waals surface area contributed by atoms with E-state index in [1.165, 1.54) is 12.1 Å². The van der Waals surface area contributed by atoms with Crippen LogP contribution in [-0.4, -0.2) is 48.2 Å². The number of anilines is 1. The number of aryl methyl sites for hydroxylation is 1. The van der Waals surface area contributed by atoms with Crippen LogP contribution in [0, 0.1) is 11.6 Å². The number of nitrogens with one attached hydrogen (secondary N) is 2. The Morgan fingerprint density at radius 2 is 2.06 bits per heavy atom. The molecule has 1 saturated heterocycles. The van der Waals surface area contributed by atoms with Gasteiger partial charge in [-0.05, 0) is 37.1 Å². The van der Waals surface area contributed by atoms with Crippen molar-refractivity contribution in [2.24, 2.45) is 4.99 Å². The summed E-state index contributed by atoms with van der Waals surface area (Å²) in [4.78, 5) is 10.6. The maximum atomic E-state index is 14.0. The molecular formula is C22H27F2IN6. The van der Waals surface area contributed by atoms with E-state index in [0.717, 1.165) is 49.0 Å². The predicted octanol–water partition coefficient (Wildman–Crippen LogP) is 3.77. The number of aliphatic imine (C=N–C) groups is 1. The number of imidazole rings is 1. The van der Waals surface area contributed by atoms with Crippen molar-refractivity contribution in [3.63, 3.8) is 0 Å². The van der Waals surface area contributed by atoms with Crippen LogP contribution in [-0.2, 0) is 6.54 Å². The van der Waals surface area contributed by atoms with E-state index in [1.54, 1.807) is 7.05 Å². The SMILES string of the molecule is CN=C(NCCCn1cnc2ccccc21)NC1CCN(c2ccc(F)cc2F)C1.I. The average Bonchev–Trinajstić information content (AvgIpc) is 3.37. The third-order valence-corrected chi connectivity index (χ3v) is 5.40. The summed E-state index contributed by atoms with van der Waals surface area (Å²) in [7, 11) is 1.74. The molecule has 31 heavy (non-hydrogen) atoms. The zero-order chi connectivity index (χ0) is 20.9. The first kappa shape index (κ1) is 23.2. The lowest BCUT2D eigenvalue weighted by molar-refractivity contribution is 0.580. The molecule has 0 saturated carbocycles. The second-order valence-electron chi connectivity index (χ2n) is 7.45. The van der Waals surface area contributed by atoms with Gasteiger partial charge in [-0.2, -0.15) is 0 Å². The van der Waals surface area contributed by atoms with Crippen molar-refractivity contribution in [3.05, 3.63) is 60.4 Å². The molecule has 2 heterocycles. The lowest BCUT2D eigenvalue weighted by Crippen LogP contribution is -2.45. The lowest BCUT2D eigenvalue weighted by atomic mass is 10.2. The molecule has 0 bridgehead atoms. The van der Waals surface area contributed by atoms with Crippen LogP contribution in [0.15, 0.2) is 53.8 Å². The molecule has 0 spiro atoms. The molecule has 1 fully saturated rings. The number of benzene rings is 2. The molecule has 1 aliphatic heterocycles. The summed E-state index contributed by atoms with van der Waals surface area (Å²) in [6.07, 6.45) is 3.66. The summed E-state index contributed by atoms with van der Waals surface area (Å²) in [5, 5.41) is 6.74. The van der Waals surface area contributed by atoms with E-state index in [2.05, 4.69) is 31.2 Å². The fraction of sp³-hybridized carbons (Fsp3) is 0.364. The Bertz CT molecular complexity index is 1040. The molecule has 0 radical (unpaired) electrons. The summed E-state index contributed by atoms with van der Waals surface area (Å²) in [5.74, 6) is -0.347. The largest absolute Gasteiger partial charge is 0.367 e. The maximum Gasteiger partial charge on any atom is 0.191 e. The number of rotatable bonds is 6. The van der Waals surface area contributed by atoms with E-state index in [-0.39, 0.29) is 30.0 Å². The van der Waals surface area contributed by atoms with Gasteiger partial charge in [-0.25, -0.2) is 13.8 Å². The van der Waals surface area contributed by atoms with Gasteiger partial charge in [0, 0.05) is 45.3 Å². The number of hydrogen-bond donors (Lipinski definition) is 2. The number of fused-ring (bicyclic) bond motifs is 1. The van der Waals surface area contributed by atoms with Gasteiger partial charge in [0.2, 0.25) is 0 Å². The fourth-order valence-electron chi connectivity index (χ4n) is 3.87. The highest BCUT2D eigenvalue weighted by atomic mass is 127. The molecule has 9 heteroatoms. The third kappa shape index (κ3) is 5.63. The predicted molar refractivity (Wildman–Crippen MR) is 131 cm³/mol. The third-order valence-electron chi connectivity index (χ3n) is 5.40. The van der Waals surface area contributed by atoms with Gasteiger partial charge in [-0.1, -0.05) is 12.1 Å². The second-order valence-corrected chi connectivity index (χ2v) is 7.45. The van der Waals surface area contributed by atoms with Crippen molar-refractivity contribution < 1.29 is 8.78 Å². The van der Waals surface area contributed by atoms with Crippen molar-refractivity contribution >= 4 is 46.7 Å². The van der Waals surface area contributed by atoms with E-state index >= 15 is 0 Å². The van der Waals surface area contributed by atoms with Crippen molar-refractivity contribution in [3.8, 4) is 0 Å². The maximum absolute atomic E-state index is 14.0. The minimum atomic E-state index is -0.557. The van der Waals surface area contributed by atoms with Crippen LogP contribution in [0.3, 0.4) is 0 Å². The first-order valence-corrected chi connectivity index (χ1v) is 10.2. The molecule has 1 unspecified atom stereocenters. The van der Waals surface area contributed by atoms with Crippen LogP contribution in [0.1, 0.15) is 12.8 Å². The molecule has 2 N–H and O–H groups in total. The van der Waals surface area contributed by atoms with Gasteiger partial charge in [-0.15, -0.1) is 24.0 Å². The first-order valence-electron chi connectivity index (χ1n) is 10.2. The monoisotopic (exact) mass is 540 g/mol. The van der Waals surface area contributed by atoms with E-state index in [4.69, 9.17) is 0 Å². The molecule has 0 amide bonds. The summed E-state index contributed by atoms with van der Waals surface area (Å²) >= 11 is 0. The highest BCUT2D eigenvalue weighted by Crippen LogP contribution is 2.24. The second kappa shape index (κ2) is 10.7. The number of hydrogen-bond acceptors (Lipinski definition) is 3. The number of aromatic nitrogens is 2. The summed E-state index contributed by atoms with van der Waals surface area (Å²) in [6, 6.07) is 12.0. The Morgan fingerprint density at radius 1 is 1.23 bits per heavy atom. The van der Waals surface area contributed by atoms with Gasteiger partial charge in [0.05, 0.1) is 23.0 Å². The molecule has 166 valence electrons. The molecular weight excluding hydrogens is 513 g/mol. The van der Waals surface area contributed by atoms with Crippen molar-refractivity contribution in [1.29, 1.82) is 0 Å². The zero-order valence-corrected chi connectivity index (χ0v) is 19.7. The van der Waals surface area contributed by atoms with Gasteiger partial charge in [0.15, 0.2) is 5.96 Å². The standard InChI is InChI=1S/C22H26F2N6.HI/c1-25-22(26-10-4-11-30-15-27-19-5-2-3-6-21(19)30)28-17-9-12-29(14-17)20-8-7-16(23)13-18(20)24;/h2-3,5-8,13,15,17H,4,9-12,14H2,1H3,(H2,25,26,28);1H. The quantitative estimate of drug-likeness (QED) is 0.217. The molecule has 6 nitrogen and oxygen atoms in total. The van der Waals surface area contributed by atoms with Gasteiger partial charge >= 0.3 is 0 Å². The van der Waals surface area contributed by atoms with Crippen LogP contribution >= 0.6 is 24.0 Å². The van der Waals surface area contributed by atoms with Crippen molar-refractivity contribution in [1.82, 2.24) is 20.2 Å². The van der Waals surface area contributed by atoms with Gasteiger partial charge in [-0.3, -0.25) is 4.99 Å². The van der Waals surface area contributed by atoms with Crippen molar-refractivity contribution in [2.75, 3.05) is 31.6 Å². The van der Waals surface area contributed by atoms with Crippen LogP contribution in [0.2, 0.25) is 0 Å². The van der Waals surface area contributed by atoms with Gasteiger partial charge in [0.25, 0.3) is 0 Å².